The Morgan fingerprint density at radius 3 is 2.16 bits per heavy atom. The van der Waals surface area contributed by atoms with Crippen LogP contribution in [0.25, 0.3) is 11.0 Å². The number of carbonyl (C=O) groups excluding carboxylic acids is 2. The van der Waals surface area contributed by atoms with Crippen LogP contribution in [0.15, 0.2) is 30.3 Å². The Labute approximate surface area is 246 Å². The fourth-order valence-corrected chi connectivity index (χ4v) is 3.56. The zero-order valence-corrected chi connectivity index (χ0v) is 24.0. The van der Waals surface area contributed by atoms with Crippen molar-refractivity contribution in [3.8, 4) is 11.5 Å². The first-order valence-electron chi connectivity index (χ1n) is 12.6. The number of pyridine rings is 1. The molecular weight excluding hydrogens is 608 g/mol. The van der Waals surface area contributed by atoms with Crippen molar-refractivity contribution in [2.75, 3.05) is 13.7 Å². The van der Waals surface area contributed by atoms with E-state index in [-0.39, 0.29) is 24.8 Å². The number of fused-ring (bicyclic) bond motifs is 1. The molecule has 0 aliphatic rings. The Kier molecular flexibility index (Phi) is 13.4. The molecule has 0 radical (unpaired) electrons. The summed E-state index contributed by atoms with van der Waals surface area (Å²) in [6.45, 7) is 5.39. The van der Waals surface area contributed by atoms with Crippen LogP contribution in [0.2, 0.25) is 0 Å². The number of aromatic nitrogens is 3. The average Bonchev–Trinajstić information content (AvgIpc) is 3.19. The predicted molar refractivity (Wildman–Crippen MR) is 139 cm³/mol. The van der Waals surface area contributed by atoms with Crippen molar-refractivity contribution in [1.29, 1.82) is 0 Å². The van der Waals surface area contributed by atoms with Crippen LogP contribution in [-0.4, -0.2) is 68.5 Å². The molecule has 0 atom stereocenters. The summed E-state index contributed by atoms with van der Waals surface area (Å²) >= 11 is 0. The van der Waals surface area contributed by atoms with Crippen molar-refractivity contribution in [1.82, 2.24) is 14.5 Å². The number of nitrogens with zero attached hydrogens (tertiary/aromatic N) is 4. The number of benzene rings is 1. The summed E-state index contributed by atoms with van der Waals surface area (Å²) in [5, 5.41) is 25.9. The Bertz CT molecular complexity index is 1430. The van der Waals surface area contributed by atoms with Gasteiger partial charge in [-0.25, -0.2) is 13.9 Å². The van der Waals surface area contributed by atoms with Gasteiger partial charge in [0.1, 0.15) is 23.2 Å². The number of amides is 1. The maximum absolute atomic E-state index is 12.5. The van der Waals surface area contributed by atoms with Crippen LogP contribution in [0.1, 0.15) is 30.6 Å². The molecule has 244 valence electrons. The van der Waals surface area contributed by atoms with E-state index in [1.54, 1.807) is 19.2 Å². The van der Waals surface area contributed by atoms with E-state index in [2.05, 4.69) is 21.0 Å². The van der Waals surface area contributed by atoms with Gasteiger partial charge < -0.3 is 35.5 Å². The number of hydrogen-bond acceptors (Lipinski definition) is 8. The first-order chi connectivity index (χ1) is 20.2. The number of carboxylic acid groups (broad SMARTS) is 2. The molecule has 0 unspecified atom stereocenters. The molecule has 0 saturated heterocycles. The van der Waals surface area contributed by atoms with Gasteiger partial charge in [0.15, 0.2) is 17.6 Å². The SMILES string of the molecule is CCCn1c(CN)[n+](C)c2ccc(OCC(=O)N(C)Cc3nc(C)ccc3O)cc21.O=C(O)C(F)(F)F.O=C([O-])C(F)(F)F. The molecule has 44 heavy (non-hydrogen) atoms. The lowest BCUT2D eigenvalue weighted by atomic mass is 10.2. The lowest BCUT2D eigenvalue weighted by Crippen LogP contribution is -2.37. The van der Waals surface area contributed by atoms with Gasteiger partial charge in [0.2, 0.25) is 0 Å². The van der Waals surface area contributed by atoms with Crippen molar-refractivity contribution in [2.24, 2.45) is 12.8 Å². The molecule has 4 N–H and O–H groups in total. The lowest BCUT2D eigenvalue weighted by Gasteiger charge is -2.18. The minimum Gasteiger partial charge on any atom is -0.542 e. The van der Waals surface area contributed by atoms with Gasteiger partial charge in [0.05, 0.1) is 26.7 Å². The van der Waals surface area contributed by atoms with E-state index >= 15 is 0 Å². The molecule has 3 aromatic rings. The molecular formula is C26H31F6N5O7. The number of aryl methyl sites for hydroxylation is 3. The number of alkyl halides is 6. The number of rotatable bonds is 8. The Balaban J connectivity index is 0.000000574. The van der Waals surface area contributed by atoms with E-state index in [1.165, 1.54) is 4.90 Å². The summed E-state index contributed by atoms with van der Waals surface area (Å²) in [4.78, 5) is 36.0. The molecule has 2 heterocycles. The topological polar surface area (TPSA) is 175 Å². The van der Waals surface area contributed by atoms with Gasteiger partial charge in [-0.1, -0.05) is 6.92 Å². The van der Waals surface area contributed by atoms with Gasteiger partial charge >= 0.3 is 18.3 Å². The second-order valence-electron chi connectivity index (χ2n) is 9.03. The number of ether oxygens (including phenoxy) is 1. The smallest absolute Gasteiger partial charge is 0.490 e. The van der Waals surface area contributed by atoms with E-state index in [4.69, 9.17) is 30.3 Å². The summed E-state index contributed by atoms with van der Waals surface area (Å²) in [6.07, 6.45) is -9.29. The number of carbonyl (C=O) groups is 3. The van der Waals surface area contributed by atoms with E-state index < -0.39 is 24.3 Å². The lowest BCUT2D eigenvalue weighted by molar-refractivity contribution is -0.654. The van der Waals surface area contributed by atoms with Gasteiger partial charge in [-0.15, -0.1) is 0 Å². The van der Waals surface area contributed by atoms with Gasteiger partial charge in [0.25, 0.3) is 11.7 Å². The van der Waals surface area contributed by atoms with Crippen molar-refractivity contribution in [3.05, 3.63) is 47.5 Å². The normalized spacial score (nSPS) is 11.2. The minimum atomic E-state index is -5.19. The maximum Gasteiger partial charge on any atom is 0.490 e. The monoisotopic (exact) mass is 639 g/mol. The van der Waals surface area contributed by atoms with Gasteiger partial charge in [-0.3, -0.25) is 9.78 Å². The third kappa shape index (κ3) is 10.9. The highest BCUT2D eigenvalue weighted by Gasteiger charge is 2.38. The molecule has 0 bridgehead atoms. The van der Waals surface area contributed by atoms with E-state index in [1.807, 2.05) is 32.2 Å². The van der Waals surface area contributed by atoms with Crippen LogP contribution in [0, 0.1) is 6.92 Å². The number of hydrogen-bond donors (Lipinski definition) is 3. The van der Waals surface area contributed by atoms with Gasteiger partial charge in [0, 0.05) is 18.8 Å². The van der Waals surface area contributed by atoms with E-state index in [0.29, 0.717) is 18.0 Å². The summed E-state index contributed by atoms with van der Waals surface area (Å²) in [5.74, 6) is -4.22. The van der Waals surface area contributed by atoms with E-state index in [9.17, 15) is 36.2 Å². The van der Waals surface area contributed by atoms with Crippen molar-refractivity contribution in [3.63, 3.8) is 0 Å². The fourth-order valence-electron chi connectivity index (χ4n) is 3.56. The minimum absolute atomic E-state index is 0.0758. The summed E-state index contributed by atoms with van der Waals surface area (Å²) < 4.78 is 73.4. The molecule has 12 nitrogen and oxygen atoms in total. The summed E-state index contributed by atoms with van der Waals surface area (Å²) in [7, 11) is 3.67. The van der Waals surface area contributed by atoms with Crippen LogP contribution in [0.4, 0.5) is 26.3 Å². The second kappa shape index (κ2) is 15.7. The summed E-state index contributed by atoms with van der Waals surface area (Å²) in [5.41, 5.74) is 9.31. The number of likely N-dealkylation sites (N-methyl/N-ethyl adjacent to an activating group) is 1. The summed E-state index contributed by atoms with van der Waals surface area (Å²) in [6, 6.07) is 9.11. The zero-order chi connectivity index (χ0) is 34.0. The molecule has 0 fully saturated rings. The third-order valence-corrected chi connectivity index (χ3v) is 5.67. The number of aromatic hydroxyl groups is 1. The van der Waals surface area contributed by atoms with Crippen molar-refractivity contribution in [2.45, 2.75) is 52.3 Å². The predicted octanol–water partition coefficient (Wildman–Crippen LogP) is 1.71. The van der Waals surface area contributed by atoms with Crippen LogP contribution in [0.3, 0.4) is 0 Å². The molecule has 3 rings (SSSR count). The number of halogens is 6. The second-order valence-corrected chi connectivity index (χ2v) is 9.03. The van der Waals surface area contributed by atoms with Gasteiger partial charge in [-0.2, -0.15) is 26.3 Å². The number of imidazole rings is 1. The third-order valence-electron chi connectivity index (χ3n) is 5.67. The molecule has 18 heteroatoms. The quantitative estimate of drug-likeness (QED) is 0.245. The molecule has 2 aromatic heterocycles. The van der Waals surface area contributed by atoms with E-state index in [0.717, 1.165) is 35.5 Å². The Morgan fingerprint density at radius 1 is 1.11 bits per heavy atom. The largest absolute Gasteiger partial charge is 0.542 e. The zero-order valence-electron chi connectivity index (χ0n) is 24.0. The first kappa shape index (κ1) is 37.4. The number of nitrogens with two attached hydrogens (primary N) is 1. The Morgan fingerprint density at radius 2 is 1.68 bits per heavy atom. The first-order valence-corrected chi connectivity index (χ1v) is 12.6. The molecule has 1 amide bonds. The van der Waals surface area contributed by atoms with Crippen LogP contribution in [-0.2, 0) is 41.1 Å². The highest BCUT2D eigenvalue weighted by molar-refractivity contribution is 5.78. The van der Waals surface area contributed by atoms with Crippen LogP contribution in [0.5, 0.6) is 11.5 Å². The maximum atomic E-state index is 12.5. The standard InChI is InChI=1S/C22H29N5O3.2C2HF3O2/c1-5-10-27-19-11-16(7-8-18(19)26(4)21(27)12-23)30-14-22(29)25(3)13-17-20(28)9-6-15(2)24-17;2*3-2(4,5)1(6)7/h6-9,11H,5,10,12-14,23H2,1-4H3;2*(H,6,7). The Hall–Kier alpha value is -4.61. The fraction of sp³-hybridized carbons (Fsp3) is 0.423. The van der Waals surface area contributed by atoms with Crippen molar-refractivity contribution >= 4 is 28.9 Å². The number of carboxylic acids is 2. The van der Waals surface area contributed by atoms with Crippen LogP contribution >= 0.6 is 0 Å². The molecule has 0 aliphatic carbocycles. The average molecular weight is 640 g/mol. The molecule has 0 aliphatic heterocycles. The van der Waals surface area contributed by atoms with Gasteiger partial charge in [-0.05, 0) is 37.6 Å². The van der Waals surface area contributed by atoms with Crippen molar-refractivity contribution < 1.29 is 65.3 Å². The molecule has 1 aromatic carbocycles. The molecule has 0 spiro atoms. The van der Waals surface area contributed by atoms with Crippen LogP contribution < -0.4 is 20.1 Å². The number of aliphatic carboxylic acids is 2. The highest BCUT2D eigenvalue weighted by Crippen LogP contribution is 2.22. The highest BCUT2D eigenvalue weighted by atomic mass is 19.4. The molecule has 0 saturated carbocycles.